The maximum atomic E-state index is 12.6. The zero-order chi connectivity index (χ0) is 14.3. The lowest BCUT2D eigenvalue weighted by molar-refractivity contribution is -0.141. The van der Waals surface area contributed by atoms with Crippen LogP contribution < -0.4 is 4.90 Å². The second-order valence-corrected chi connectivity index (χ2v) is 4.85. The normalized spacial score (nSPS) is 23.5. The van der Waals surface area contributed by atoms with Gasteiger partial charge in [-0.3, -0.25) is 0 Å². The number of anilines is 1. The minimum absolute atomic E-state index is 0.0184. The Labute approximate surface area is 108 Å². The summed E-state index contributed by atoms with van der Waals surface area (Å²) < 4.78 is 37.9. The van der Waals surface area contributed by atoms with Crippen molar-refractivity contribution >= 4 is 5.82 Å². The highest BCUT2D eigenvalue weighted by Gasteiger charge is 2.36. The zero-order valence-electron chi connectivity index (χ0n) is 10.2. The third-order valence-electron chi connectivity index (χ3n) is 3.04. The summed E-state index contributed by atoms with van der Waals surface area (Å²) in [7, 11) is 0. The fourth-order valence-electron chi connectivity index (χ4n) is 2.06. The predicted octanol–water partition coefficient (Wildman–Crippen LogP) is 1.93. The molecular formula is C12H12F3N3O. The average Bonchev–Trinajstić information content (AvgIpc) is 2.67. The van der Waals surface area contributed by atoms with Crippen LogP contribution in [0.1, 0.15) is 24.6 Å². The number of halogens is 3. The van der Waals surface area contributed by atoms with Crippen LogP contribution in [-0.2, 0) is 6.18 Å². The van der Waals surface area contributed by atoms with Gasteiger partial charge in [0.2, 0.25) is 0 Å². The molecule has 19 heavy (non-hydrogen) atoms. The number of pyridine rings is 1. The maximum absolute atomic E-state index is 12.6. The highest BCUT2D eigenvalue weighted by Crippen LogP contribution is 2.32. The van der Waals surface area contributed by atoms with E-state index in [4.69, 9.17) is 5.26 Å². The van der Waals surface area contributed by atoms with Gasteiger partial charge in [0.1, 0.15) is 17.6 Å². The lowest BCUT2D eigenvalue weighted by Crippen LogP contribution is -2.30. The molecule has 7 heteroatoms. The Morgan fingerprint density at radius 3 is 2.63 bits per heavy atom. The Morgan fingerprint density at radius 2 is 2.16 bits per heavy atom. The molecule has 1 aromatic rings. The smallest absolute Gasteiger partial charge is 0.388 e. The molecule has 1 unspecified atom stereocenters. The number of nitrogens with zero attached hydrogens (tertiary/aromatic N) is 3. The van der Waals surface area contributed by atoms with E-state index in [1.54, 1.807) is 6.92 Å². The molecule has 0 spiro atoms. The van der Waals surface area contributed by atoms with Gasteiger partial charge in [0, 0.05) is 13.1 Å². The number of aliphatic hydroxyl groups is 1. The first-order chi connectivity index (χ1) is 8.73. The summed E-state index contributed by atoms with van der Waals surface area (Å²) in [5.74, 6) is -0.0184. The number of rotatable bonds is 1. The number of hydrogen-bond acceptors (Lipinski definition) is 4. The highest BCUT2D eigenvalue weighted by molar-refractivity contribution is 5.55. The van der Waals surface area contributed by atoms with E-state index >= 15 is 0 Å². The summed E-state index contributed by atoms with van der Waals surface area (Å²) in [6.45, 7) is 2.14. The van der Waals surface area contributed by atoms with Crippen LogP contribution in [0.2, 0.25) is 0 Å². The first-order valence-electron chi connectivity index (χ1n) is 5.69. The summed E-state index contributed by atoms with van der Waals surface area (Å²) in [6, 6.07) is 3.72. The van der Waals surface area contributed by atoms with Crippen LogP contribution in [0.5, 0.6) is 0 Å². The molecule has 0 saturated carbocycles. The molecule has 0 bridgehead atoms. The number of β-amino-alcohol motifs (C(OH)–C–C–N with tert-alkyl or cyclic N) is 1. The molecule has 2 heterocycles. The largest absolute Gasteiger partial charge is 0.433 e. The Morgan fingerprint density at radius 1 is 1.47 bits per heavy atom. The Balaban J connectivity index is 2.41. The van der Waals surface area contributed by atoms with Gasteiger partial charge in [0.15, 0.2) is 0 Å². The first-order valence-corrected chi connectivity index (χ1v) is 5.69. The van der Waals surface area contributed by atoms with Crippen molar-refractivity contribution in [3.63, 3.8) is 0 Å². The van der Waals surface area contributed by atoms with Crippen LogP contribution >= 0.6 is 0 Å². The Hall–Kier alpha value is -1.81. The van der Waals surface area contributed by atoms with Crippen molar-refractivity contribution in [3.8, 4) is 6.07 Å². The van der Waals surface area contributed by atoms with E-state index < -0.39 is 17.5 Å². The second kappa shape index (κ2) is 4.38. The van der Waals surface area contributed by atoms with E-state index in [1.807, 2.05) is 6.07 Å². The van der Waals surface area contributed by atoms with Crippen molar-refractivity contribution in [3.05, 3.63) is 23.4 Å². The lowest BCUT2D eigenvalue weighted by Gasteiger charge is -2.21. The van der Waals surface area contributed by atoms with E-state index in [-0.39, 0.29) is 17.9 Å². The molecule has 1 fully saturated rings. The van der Waals surface area contributed by atoms with Crippen LogP contribution in [0, 0.1) is 11.3 Å². The van der Waals surface area contributed by atoms with E-state index in [2.05, 4.69) is 4.98 Å². The van der Waals surface area contributed by atoms with Crippen molar-refractivity contribution in [2.45, 2.75) is 25.1 Å². The van der Waals surface area contributed by atoms with Crippen LogP contribution in [0.3, 0.4) is 0 Å². The van der Waals surface area contributed by atoms with Crippen LogP contribution in [0.15, 0.2) is 12.1 Å². The van der Waals surface area contributed by atoms with E-state index in [0.29, 0.717) is 13.0 Å². The van der Waals surface area contributed by atoms with E-state index in [0.717, 1.165) is 12.1 Å². The summed E-state index contributed by atoms with van der Waals surface area (Å²) in [5.41, 5.74) is -1.93. The third-order valence-corrected chi connectivity index (χ3v) is 3.04. The molecule has 2 rings (SSSR count). The van der Waals surface area contributed by atoms with Crippen molar-refractivity contribution in [2.24, 2.45) is 0 Å². The minimum atomic E-state index is -4.55. The minimum Gasteiger partial charge on any atom is -0.388 e. The second-order valence-electron chi connectivity index (χ2n) is 4.85. The van der Waals surface area contributed by atoms with Gasteiger partial charge in [-0.25, -0.2) is 4.98 Å². The van der Waals surface area contributed by atoms with Gasteiger partial charge in [-0.1, -0.05) is 0 Å². The fourth-order valence-corrected chi connectivity index (χ4v) is 2.06. The van der Waals surface area contributed by atoms with Crippen molar-refractivity contribution in [1.29, 1.82) is 5.26 Å². The molecule has 1 aliphatic rings. The molecule has 0 aliphatic carbocycles. The van der Waals surface area contributed by atoms with E-state index in [1.165, 1.54) is 4.90 Å². The summed E-state index contributed by atoms with van der Waals surface area (Å²) >= 11 is 0. The molecule has 102 valence electrons. The number of alkyl halides is 3. The van der Waals surface area contributed by atoms with Crippen LogP contribution in [0.4, 0.5) is 19.0 Å². The summed E-state index contributed by atoms with van der Waals surface area (Å²) in [4.78, 5) is 5.04. The standard InChI is InChI=1S/C12H12F3N3O/c1-11(19)4-5-18(7-11)10-8(6-16)2-3-9(17-10)12(13,14)15/h2-3,19H,4-5,7H2,1H3. The van der Waals surface area contributed by atoms with Crippen LogP contribution in [0.25, 0.3) is 0 Å². The van der Waals surface area contributed by atoms with Gasteiger partial charge in [0.25, 0.3) is 0 Å². The van der Waals surface area contributed by atoms with Crippen molar-refractivity contribution in [2.75, 3.05) is 18.0 Å². The molecule has 1 N–H and O–H groups in total. The monoisotopic (exact) mass is 271 g/mol. The molecule has 0 aromatic carbocycles. The average molecular weight is 271 g/mol. The summed E-state index contributed by atoms with van der Waals surface area (Å²) in [6.07, 6.45) is -4.12. The molecule has 1 atom stereocenters. The Bertz CT molecular complexity index is 534. The fraction of sp³-hybridized carbons (Fsp3) is 0.500. The molecular weight excluding hydrogens is 259 g/mol. The topological polar surface area (TPSA) is 60.1 Å². The number of nitriles is 1. The Kier molecular flexibility index (Phi) is 3.14. The predicted molar refractivity (Wildman–Crippen MR) is 61.4 cm³/mol. The first kappa shape index (κ1) is 13.6. The SMILES string of the molecule is CC1(O)CCN(c2nc(C(F)(F)F)ccc2C#N)C1. The zero-order valence-corrected chi connectivity index (χ0v) is 10.2. The van der Waals surface area contributed by atoms with Crippen LogP contribution in [-0.4, -0.2) is 28.8 Å². The lowest BCUT2D eigenvalue weighted by atomic mass is 10.1. The third kappa shape index (κ3) is 2.79. The summed E-state index contributed by atoms with van der Waals surface area (Å²) in [5, 5.41) is 18.8. The molecule has 1 aliphatic heterocycles. The van der Waals surface area contributed by atoms with Gasteiger partial charge in [0.05, 0.1) is 11.2 Å². The van der Waals surface area contributed by atoms with Gasteiger partial charge in [-0.05, 0) is 25.5 Å². The molecule has 0 amide bonds. The highest BCUT2D eigenvalue weighted by atomic mass is 19.4. The number of hydrogen-bond donors (Lipinski definition) is 1. The van der Waals surface area contributed by atoms with Gasteiger partial charge in [-0.15, -0.1) is 0 Å². The molecule has 1 aromatic heterocycles. The van der Waals surface area contributed by atoms with E-state index in [9.17, 15) is 18.3 Å². The van der Waals surface area contributed by atoms with Gasteiger partial charge in [-0.2, -0.15) is 18.4 Å². The van der Waals surface area contributed by atoms with Crippen molar-refractivity contribution in [1.82, 2.24) is 4.98 Å². The van der Waals surface area contributed by atoms with Gasteiger partial charge >= 0.3 is 6.18 Å². The van der Waals surface area contributed by atoms with Gasteiger partial charge < -0.3 is 10.0 Å². The number of aromatic nitrogens is 1. The molecule has 1 saturated heterocycles. The quantitative estimate of drug-likeness (QED) is 0.848. The molecule has 0 radical (unpaired) electrons. The van der Waals surface area contributed by atoms with Crippen molar-refractivity contribution < 1.29 is 18.3 Å². The molecule has 4 nitrogen and oxygen atoms in total. The maximum Gasteiger partial charge on any atom is 0.433 e.